The molecular weight excluding hydrogens is 472 g/mol. The number of hydrogen-bond donors (Lipinski definition) is 5. The molecule has 0 aromatic rings. The van der Waals surface area contributed by atoms with Gasteiger partial charge in [0.15, 0.2) is 0 Å². The standard InChI is InChI=1S/C30H56O7/c1-2-3-4-5-6-7-8-9-10-11-12-13-14-16-24(31)19-25(32)20-26(33)21-27(34)22-28(35)23-29-17-15-18-30(36)37-29/h15,18,24-29,31-35H,2-14,16-17,19-23H2,1H3/t24-,25+,26+,27+,28+,29-/m1/s1. The molecule has 7 nitrogen and oxygen atoms in total. The zero-order valence-corrected chi connectivity index (χ0v) is 23.3. The molecule has 0 saturated carbocycles. The Morgan fingerprint density at radius 2 is 1.11 bits per heavy atom. The van der Waals surface area contributed by atoms with Gasteiger partial charge >= 0.3 is 5.97 Å². The van der Waals surface area contributed by atoms with Crippen molar-refractivity contribution in [1.29, 1.82) is 0 Å². The summed E-state index contributed by atoms with van der Waals surface area (Å²) in [6.07, 6.45) is 17.0. The highest BCUT2D eigenvalue weighted by molar-refractivity contribution is 5.82. The van der Waals surface area contributed by atoms with Crippen molar-refractivity contribution in [2.45, 2.75) is 172 Å². The first kappa shape index (κ1) is 34.0. The maximum Gasteiger partial charge on any atom is 0.330 e. The molecule has 0 aromatic carbocycles. The Kier molecular flexibility index (Phi) is 20.1. The molecule has 1 heterocycles. The van der Waals surface area contributed by atoms with Crippen LogP contribution in [0.15, 0.2) is 12.2 Å². The van der Waals surface area contributed by atoms with Crippen molar-refractivity contribution < 1.29 is 35.1 Å². The van der Waals surface area contributed by atoms with Crippen LogP contribution in [0.3, 0.4) is 0 Å². The number of ether oxygens (including phenoxy) is 1. The van der Waals surface area contributed by atoms with Crippen molar-refractivity contribution >= 4 is 5.97 Å². The number of aliphatic hydroxyl groups excluding tert-OH is 5. The van der Waals surface area contributed by atoms with Crippen molar-refractivity contribution in [3.05, 3.63) is 12.2 Å². The van der Waals surface area contributed by atoms with Crippen LogP contribution in [0, 0.1) is 0 Å². The van der Waals surface area contributed by atoms with E-state index in [0.29, 0.717) is 12.8 Å². The molecule has 1 aliphatic heterocycles. The Morgan fingerprint density at radius 3 is 1.59 bits per heavy atom. The van der Waals surface area contributed by atoms with Gasteiger partial charge in [-0.1, -0.05) is 96.5 Å². The molecule has 1 aliphatic rings. The van der Waals surface area contributed by atoms with Crippen LogP contribution >= 0.6 is 0 Å². The quantitative estimate of drug-likeness (QED) is 0.0871. The molecule has 1 rings (SSSR count). The van der Waals surface area contributed by atoms with Crippen LogP contribution in [0.2, 0.25) is 0 Å². The van der Waals surface area contributed by atoms with Gasteiger partial charge in [-0.05, 0) is 32.1 Å². The van der Waals surface area contributed by atoms with Gasteiger partial charge in [-0.15, -0.1) is 0 Å². The summed E-state index contributed by atoms with van der Waals surface area (Å²) in [4.78, 5) is 11.3. The van der Waals surface area contributed by atoms with E-state index in [-0.39, 0.29) is 32.1 Å². The molecule has 37 heavy (non-hydrogen) atoms. The SMILES string of the molecule is CCCCCCCCCCCCCCC[C@@H](O)C[C@H](O)C[C@H](O)C[C@H](O)C[C@H](O)C[C@H]1CC=CC(=O)O1. The summed E-state index contributed by atoms with van der Waals surface area (Å²) >= 11 is 0. The highest BCUT2D eigenvalue weighted by atomic mass is 16.5. The maximum atomic E-state index is 11.3. The minimum Gasteiger partial charge on any atom is -0.459 e. The van der Waals surface area contributed by atoms with Crippen molar-refractivity contribution in [1.82, 2.24) is 0 Å². The van der Waals surface area contributed by atoms with E-state index in [0.717, 1.165) is 12.8 Å². The molecule has 0 amide bonds. The Labute approximate surface area is 225 Å². The third-order valence-corrected chi connectivity index (χ3v) is 7.29. The van der Waals surface area contributed by atoms with Crippen LogP contribution in [0.4, 0.5) is 0 Å². The number of esters is 1. The summed E-state index contributed by atoms with van der Waals surface area (Å²) in [5.74, 6) is -0.426. The van der Waals surface area contributed by atoms with Crippen LogP contribution in [0.5, 0.6) is 0 Å². The van der Waals surface area contributed by atoms with Gasteiger partial charge in [-0.2, -0.15) is 0 Å². The van der Waals surface area contributed by atoms with Crippen molar-refractivity contribution in [2.75, 3.05) is 0 Å². The fraction of sp³-hybridized carbons (Fsp3) is 0.900. The average molecular weight is 529 g/mol. The lowest BCUT2D eigenvalue weighted by Crippen LogP contribution is -2.30. The van der Waals surface area contributed by atoms with Crippen LogP contribution < -0.4 is 0 Å². The second-order valence-corrected chi connectivity index (χ2v) is 11.2. The van der Waals surface area contributed by atoms with E-state index in [1.54, 1.807) is 6.08 Å². The number of rotatable bonds is 24. The minimum absolute atomic E-state index is 0.0351. The van der Waals surface area contributed by atoms with Gasteiger partial charge in [0.05, 0.1) is 30.5 Å². The molecule has 0 radical (unpaired) electrons. The monoisotopic (exact) mass is 528 g/mol. The Bertz CT molecular complexity index is 582. The van der Waals surface area contributed by atoms with Gasteiger partial charge in [0.25, 0.3) is 0 Å². The second kappa shape index (κ2) is 21.9. The van der Waals surface area contributed by atoms with Gasteiger partial charge in [0, 0.05) is 18.9 Å². The van der Waals surface area contributed by atoms with Crippen LogP contribution in [-0.4, -0.2) is 68.1 Å². The van der Waals surface area contributed by atoms with Gasteiger partial charge in [-0.25, -0.2) is 4.79 Å². The average Bonchev–Trinajstić information content (AvgIpc) is 2.81. The molecule has 6 atom stereocenters. The molecule has 7 heteroatoms. The number of carbonyl (C=O) groups is 1. The maximum absolute atomic E-state index is 11.3. The van der Waals surface area contributed by atoms with Crippen LogP contribution in [-0.2, 0) is 9.53 Å². The zero-order valence-electron chi connectivity index (χ0n) is 23.3. The van der Waals surface area contributed by atoms with Gasteiger partial charge in [0.1, 0.15) is 6.10 Å². The highest BCUT2D eigenvalue weighted by Gasteiger charge is 2.24. The molecule has 0 fully saturated rings. The van der Waals surface area contributed by atoms with E-state index >= 15 is 0 Å². The van der Waals surface area contributed by atoms with Crippen molar-refractivity contribution in [3.8, 4) is 0 Å². The number of aliphatic hydroxyl groups is 5. The fourth-order valence-electron chi connectivity index (χ4n) is 5.17. The molecular formula is C30H56O7. The third kappa shape index (κ3) is 19.7. The summed E-state index contributed by atoms with van der Waals surface area (Å²) in [7, 11) is 0. The second-order valence-electron chi connectivity index (χ2n) is 11.2. The lowest BCUT2D eigenvalue weighted by molar-refractivity contribution is -0.145. The summed E-state index contributed by atoms with van der Waals surface area (Å²) in [5, 5.41) is 51.0. The Hall–Kier alpha value is -0.990. The van der Waals surface area contributed by atoms with Crippen LogP contribution in [0.1, 0.15) is 135 Å². The molecule has 5 N–H and O–H groups in total. The van der Waals surface area contributed by atoms with Gasteiger partial charge < -0.3 is 30.3 Å². The first-order chi connectivity index (χ1) is 17.8. The molecule has 218 valence electrons. The minimum atomic E-state index is -0.928. The summed E-state index contributed by atoms with van der Waals surface area (Å²) in [5.41, 5.74) is 0. The van der Waals surface area contributed by atoms with E-state index in [4.69, 9.17) is 4.74 Å². The molecule has 0 aliphatic carbocycles. The predicted molar refractivity (Wildman–Crippen MR) is 147 cm³/mol. The topological polar surface area (TPSA) is 127 Å². The smallest absolute Gasteiger partial charge is 0.330 e. The molecule has 0 unspecified atom stereocenters. The first-order valence-electron chi connectivity index (χ1n) is 15.1. The van der Waals surface area contributed by atoms with Crippen LogP contribution in [0.25, 0.3) is 0 Å². The number of unbranched alkanes of at least 4 members (excludes halogenated alkanes) is 12. The van der Waals surface area contributed by atoms with Crippen molar-refractivity contribution in [2.24, 2.45) is 0 Å². The molecule has 0 spiro atoms. The fourth-order valence-corrected chi connectivity index (χ4v) is 5.17. The van der Waals surface area contributed by atoms with E-state index < -0.39 is 42.6 Å². The van der Waals surface area contributed by atoms with E-state index in [2.05, 4.69) is 6.92 Å². The Balaban J connectivity index is 2.00. The zero-order chi connectivity index (χ0) is 27.3. The van der Waals surface area contributed by atoms with E-state index in [1.807, 2.05) is 0 Å². The summed E-state index contributed by atoms with van der Waals surface area (Å²) in [6, 6.07) is 0. The van der Waals surface area contributed by atoms with Gasteiger partial charge in [-0.3, -0.25) is 0 Å². The van der Waals surface area contributed by atoms with E-state index in [9.17, 15) is 30.3 Å². The highest BCUT2D eigenvalue weighted by Crippen LogP contribution is 2.19. The Morgan fingerprint density at radius 1 is 0.676 bits per heavy atom. The first-order valence-corrected chi connectivity index (χ1v) is 15.1. The number of cyclic esters (lactones) is 1. The molecule has 0 bridgehead atoms. The molecule has 0 saturated heterocycles. The summed E-state index contributed by atoms with van der Waals surface area (Å²) in [6.45, 7) is 2.25. The van der Waals surface area contributed by atoms with E-state index in [1.165, 1.54) is 76.7 Å². The lowest BCUT2D eigenvalue weighted by Gasteiger charge is -2.24. The largest absolute Gasteiger partial charge is 0.459 e. The normalized spacial score (nSPS) is 19.8. The lowest BCUT2D eigenvalue weighted by atomic mass is 9.96. The number of carbonyl (C=O) groups excluding carboxylic acids is 1. The number of hydrogen-bond acceptors (Lipinski definition) is 7. The van der Waals surface area contributed by atoms with Gasteiger partial charge in [0.2, 0.25) is 0 Å². The van der Waals surface area contributed by atoms with Crippen molar-refractivity contribution in [3.63, 3.8) is 0 Å². The summed E-state index contributed by atoms with van der Waals surface area (Å²) < 4.78 is 5.11. The predicted octanol–water partition coefficient (Wildman–Crippen LogP) is 5.09. The molecule has 0 aromatic heterocycles. The third-order valence-electron chi connectivity index (χ3n) is 7.29.